The van der Waals surface area contributed by atoms with Gasteiger partial charge in [-0.15, -0.1) is 0 Å². The Morgan fingerprint density at radius 1 is 1.75 bits per heavy atom. The SMILES string of the molecule is CCOCC=[CH][Mg][Br]. The fourth-order valence-electron chi connectivity index (χ4n) is 0.317. The van der Waals surface area contributed by atoms with E-state index in [-0.39, 0.29) is 18.2 Å². The average molecular weight is 189 g/mol. The summed E-state index contributed by atoms with van der Waals surface area (Å²) in [7, 11) is 0. The molecule has 0 aliphatic heterocycles. The molecule has 0 aliphatic carbocycles. The minimum absolute atomic E-state index is 0.0620. The molecule has 0 aromatic rings. The van der Waals surface area contributed by atoms with Crippen molar-refractivity contribution in [2.24, 2.45) is 0 Å². The molecule has 8 heavy (non-hydrogen) atoms. The fourth-order valence-corrected chi connectivity index (χ4v) is 1.37. The topological polar surface area (TPSA) is 9.23 Å². The van der Waals surface area contributed by atoms with Crippen molar-refractivity contribution in [1.29, 1.82) is 0 Å². The molecule has 0 bridgehead atoms. The van der Waals surface area contributed by atoms with Gasteiger partial charge in [0.05, 0.1) is 6.61 Å². The third-order valence-electron chi connectivity index (χ3n) is 0.674. The molecular formula is C5H9BrMgO. The third-order valence-corrected chi connectivity index (χ3v) is 2.31. The maximum Gasteiger partial charge on any atom is 0.498 e. The first-order valence-electron chi connectivity index (χ1n) is 2.70. The van der Waals surface area contributed by atoms with Crippen molar-refractivity contribution < 1.29 is 4.74 Å². The second-order valence-electron chi connectivity index (χ2n) is 1.29. The highest BCUT2D eigenvalue weighted by atomic mass is 79.9. The van der Waals surface area contributed by atoms with Gasteiger partial charge in [0, 0.05) is 6.61 Å². The molecule has 3 heteroatoms. The van der Waals surface area contributed by atoms with Crippen molar-refractivity contribution in [3.8, 4) is 0 Å². The lowest BCUT2D eigenvalue weighted by Crippen LogP contribution is -1.87. The van der Waals surface area contributed by atoms with E-state index in [9.17, 15) is 0 Å². The zero-order valence-electron chi connectivity index (χ0n) is 5.06. The highest BCUT2D eigenvalue weighted by molar-refractivity contribution is 9.23. The molecule has 0 amide bonds. The van der Waals surface area contributed by atoms with E-state index >= 15 is 0 Å². The Morgan fingerprint density at radius 2 is 2.50 bits per heavy atom. The van der Waals surface area contributed by atoms with Crippen LogP contribution in [0, 0.1) is 0 Å². The molecule has 0 spiro atoms. The number of hydrogen-bond acceptors (Lipinski definition) is 1. The van der Waals surface area contributed by atoms with Crippen molar-refractivity contribution in [2.45, 2.75) is 6.92 Å². The molecule has 0 saturated carbocycles. The molecule has 0 radical (unpaired) electrons. The first-order chi connectivity index (χ1) is 3.91. The van der Waals surface area contributed by atoms with Crippen molar-refractivity contribution >= 4 is 31.1 Å². The molecule has 0 saturated heterocycles. The van der Waals surface area contributed by atoms with Gasteiger partial charge in [0.15, 0.2) is 0 Å². The molecule has 0 atom stereocenters. The minimum atomic E-state index is -0.0620. The first-order valence-corrected chi connectivity index (χ1v) is 7.42. The van der Waals surface area contributed by atoms with Gasteiger partial charge in [-0.2, -0.15) is 4.21 Å². The van der Waals surface area contributed by atoms with Crippen LogP contribution in [0.4, 0.5) is 0 Å². The standard InChI is InChI=1S/C5H9O.BrH.Mg/c1-3-5-6-4-2;;/h1,3H,4-5H2,2H3;1H;/q;;+1/p-1. The van der Waals surface area contributed by atoms with Gasteiger partial charge in [0.2, 0.25) is 0 Å². The van der Waals surface area contributed by atoms with E-state index in [1.807, 2.05) is 6.92 Å². The van der Waals surface area contributed by atoms with Crippen molar-refractivity contribution in [3.63, 3.8) is 0 Å². The van der Waals surface area contributed by atoms with Crippen LogP contribution in [0.3, 0.4) is 0 Å². The van der Waals surface area contributed by atoms with Crippen LogP contribution in [-0.4, -0.2) is 31.4 Å². The Morgan fingerprint density at radius 3 is 3.00 bits per heavy atom. The van der Waals surface area contributed by atoms with E-state index in [2.05, 4.69) is 23.2 Å². The van der Waals surface area contributed by atoms with Gasteiger partial charge in [0.1, 0.15) is 0 Å². The van der Waals surface area contributed by atoms with Crippen LogP contribution in [0.5, 0.6) is 0 Å². The molecule has 0 aromatic carbocycles. The fraction of sp³-hybridized carbons (Fsp3) is 0.600. The van der Waals surface area contributed by atoms with E-state index < -0.39 is 0 Å². The Kier molecular flexibility index (Phi) is 8.89. The lowest BCUT2D eigenvalue weighted by atomic mass is 10.7. The zero-order valence-corrected chi connectivity index (χ0v) is 8.06. The summed E-state index contributed by atoms with van der Waals surface area (Å²) in [6.07, 6.45) is 2.06. The summed E-state index contributed by atoms with van der Waals surface area (Å²) in [5.74, 6) is 0. The summed E-state index contributed by atoms with van der Waals surface area (Å²) >= 11 is 3.34. The molecule has 44 valence electrons. The normalized spacial score (nSPS) is 9.75. The summed E-state index contributed by atoms with van der Waals surface area (Å²) in [4.78, 5) is 0. The summed E-state index contributed by atoms with van der Waals surface area (Å²) in [6.45, 7) is 3.59. The third kappa shape index (κ3) is 6.95. The van der Waals surface area contributed by atoms with Gasteiger partial charge in [-0.3, -0.25) is 12.9 Å². The van der Waals surface area contributed by atoms with Crippen LogP contribution in [0.25, 0.3) is 0 Å². The van der Waals surface area contributed by atoms with E-state index in [0.29, 0.717) is 0 Å². The van der Waals surface area contributed by atoms with Crippen molar-refractivity contribution in [2.75, 3.05) is 13.2 Å². The van der Waals surface area contributed by atoms with Crippen molar-refractivity contribution in [1.82, 2.24) is 0 Å². The van der Waals surface area contributed by atoms with Gasteiger partial charge in [-0.25, -0.2) is 0 Å². The first kappa shape index (κ1) is 8.95. The molecule has 0 unspecified atom stereocenters. The van der Waals surface area contributed by atoms with Crippen LogP contribution in [-0.2, 0) is 4.74 Å². The average Bonchev–Trinajstić information content (AvgIpc) is 1.81. The molecule has 0 N–H and O–H groups in total. The Balaban J connectivity index is 2.80. The van der Waals surface area contributed by atoms with Crippen LogP contribution < -0.4 is 0 Å². The van der Waals surface area contributed by atoms with Crippen LogP contribution in [0.2, 0.25) is 0 Å². The minimum Gasteiger partial charge on any atom is -0.378 e. The maximum atomic E-state index is 5.05. The lowest BCUT2D eigenvalue weighted by Gasteiger charge is -1.90. The Hall–Kier alpha value is 0.946. The van der Waals surface area contributed by atoms with Gasteiger partial charge >= 0.3 is 18.2 Å². The van der Waals surface area contributed by atoms with E-state index in [0.717, 1.165) is 13.2 Å². The quantitative estimate of drug-likeness (QED) is 0.481. The monoisotopic (exact) mass is 188 g/mol. The second-order valence-corrected chi connectivity index (χ2v) is 4.01. The van der Waals surface area contributed by atoms with Crippen LogP contribution >= 0.6 is 12.9 Å². The van der Waals surface area contributed by atoms with Gasteiger partial charge in [0.25, 0.3) is 0 Å². The number of ether oxygens (including phenoxy) is 1. The molecule has 1 nitrogen and oxygen atoms in total. The zero-order chi connectivity index (χ0) is 6.24. The van der Waals surface area contributed by atoms with Crippen LogP contribution in [0.15, 0.2) is 10.3 Å². The highest BCUT2D eigenvalue weighted by Crippen LogP contribution is 1.78. The summed E-state index contributed by atoms with van der Waals surface area (Å²) in [5, 5.41) is 0. The largest absolute Gasteiger partial charge is 0.498 e. The number of rotatable bonds is 4. The van der Waals surface area contributed by atoms with E-state index in [4.69, 9.17) is 4.74 Å². The van der Waals surface area contributed by atoms with E-state index in [1.54, 1.807) is 0 Å². The van der Waals surface area contributed by atoms with Crippen molar-refractivity contribution in [3.05, 3.63) is 10.3 Å². The molecule has 0 fully saturated rings. The maximum absolute atomic E-state index is 5.05. The van der Waals surface area contributed by atoms with Gasteiger partial charge in [-0.1, -0.05) is 6.08 Å². The summed E-state index contributed by atoms with van der Waals surface area (Å²) < 4.78 is 7.21. The lowest BCUT2D eigenvalue weighted by molar-refractivity contribution is 0.177. The van der Waals surface area contributed by atoms with Crippen LogP contribution in [0.1, 0.15) is 6.92 Å². The molecular weight excluding hydrogens is 180 g/mol. The molecule has 0 heterocycles. The Labute approximate surface area is 66.1 Å². The predicted molar refractivity (Wildman–Crippen MR) is 40.3 cm³/mol. The molecule has 0 aromatic heterocycles. The summed E-state index contributed by atoms with van der Waals surface area (Å²) in [6, 6.07) is 0. The second kappa shape index (κ2) is 7.95. The summed E-state index contributed by atoms with van der Waals surface area (Å²) in [5.41, 5.74) is 0. The molecule has 0 rings (SSSR count). The van der Waals surface area contributed by atoms with Gasteiger partial charge in [-0.05, 0) is 6.92 Å². The van der Waals surface area contributed by atoms with E-state index in [1.165, 1.54) is 0 Å². The Bertz CT molecular complexity index is 65.4. The predicted octanol–water partition coefficient (Wildman–Crippen LogP) is 1.55. The molecule has 0 aliphatic rings. The number of halogens is 1. The highest BCUT2D eigenvalue weighted by Gasteiger charge is 1.76. The van der Waals surface area contributed by atoms with Gasteiger partial charge < -0.3 is 4.74 Å². The number of hydrogen-bond donors (Lipinski definition) is 0. The smallest absolute Gasteiger partial charge is 0.378 e.